The molecule has 0 saturated carbocycles. The van der Waals surface area contributed by atoms with Gasteiger partial charge < -0.3 is 10.2 Å². The highest BCUT2D eigenvalue weighted by Crippen LogP contribution is 2.20. The molecule has 4 nitrogen and oxygen atoms in total. The van der Waals surface area contributed by atoms with E-state index in [0.29, 0.717) is 0 Å². The molecule has 2 rings (SSSR count). The van der Waals surface area contributed by atoms with Gasteiger partial charge in [-0.2, -0.15) is 5.10 Å². The lowest BCUT2D eigenvalue weighted by Crippen LogP contribution is -2.35. The number of aryl methyl sites for hydroxylation is 2. The molecule has 0 spiro atoms. The summed E-state index contributed by atoms with van der Waals surface area (Å²) in [4.78, 5) is 2.41. The third-order valence-corrected chi connectivity index (χ3v) is 4.86. The van der Waals surface area contributed by atoms with E-state index in [1.54, 1.807) is 0 Å². The van der Waals surface area contributed by atoms with Gasteiger partial charge >= 0.3 is 0 Å². The van der Waals surface area contributed by atoms with Crippen molar-refractivity contribution in [2.45, 2.75) is 26.3 Å². The topological polar surface area (TPSA) is 33.1 Å². The van der Waals surface area contributed by atoms with E-state index in [-0.39, 0.29) is 0 Å². The molecule has 0 aromatic carbocycles. The van der Waals surface area contributed by atoms with Gasteiger partial charge in [-0.25, -0.2) is 0 Å². The largest absolute Gasteiger partial charge is 0.311 e. The molecule has 0 bridgehead atoms. The van der Waals surface area contributed by atoms with Crippen molar-refractivity contribution < 1.29 is 0 Å². The van der Waals surface area contributed by atoms with Gasteiger partial charge in [0.15, 0.2) is 0 Å². The Morgan fingerprint density at radius 3 is 2.56 bits per heavy atom. The molecule has 2 heterocycles. The highest BCUT2D eigenvalue weighted by atomic mass is 79.9. The van der Waals surface area contributed by atoms with Gasteiger partial charge in [-0.1, -0.05) is 0 Å². The van der Waals surface area contributed by atoms with Crippen molar-refractivity contribution in [3.8, 4) is 0 Å². The van der Waals surface area contributed by atoms with Crippen LogP contribution in [-0.4, -0.2) is 41.4 Å². The zero-order chi connectivity index (χ0) is 13.1. The molecule has 0 radical (unpaired) electrons. The first kappa shape index (κ1) is 14.0. The number of piperidine rings is 1. The number of hydrogen-bond donors (Lipinski definition) is 1. The standard InChI is InChI=1S/C13H23BrN4/c1-10-13(14)12(18(3)16-10)9-15-8-11-4-6-17(2)7-5-11/h11,15H,4-9H2,1-3H3. The third kappa shape index (κ3) is 3.33. The Morgan fingerprint density at radius 1 is 1.33 bits per heavy atom. The SMILES string of the molecule is Cc1nn(C)c(CNCC2CCN(C)CC2)c1Br. The first-order valence-corrected chi connectivity index (χ1v) is 7.44. The minimum absolute atomic E-state index is 0.828. The van der Waals surface area contributed by atoms with Crippen LogP contribution in [0.4, 0.5) is 0 Å². The van der Waals surface area contributed by atoms with Gasteiger partial charge in [-0.3, -0.25) is 4.68 Å². The molecule has 1 aromatic heterocycles. The van der Waals surface area contributed by atoms with Crippen molar-refractivity contribution in [2.75, 3.05) is 26.7 Å². The maximum absolute atomic E-state index is 4.41. The molecule has 0 aliphatic carbocycles. The van der Waals surface area contributed by atoms with E-state index in [1.807, 2.05) is 18.7 Å². The molecule has 1 N–H and O–H groups in total. The van der Waals surface area contributed by atoms with Crippen LogP contribution in [0.25, 0.3) is 0 Å². The zero-order valence-corrected chi connectivity index (χ0v) is 13.1. The molecule has 0 atom stereocenters. The summed E-state index contributed by atoms with van der Waals surface area (Å²) in [6, 6.07) is 0. The smallest absolute Gasteiger partial charge is 0.0739 e. The van der Waals surface area contributed by atoms with E-state index in [0.717, 1.165) is 29.2 Å². The number of rotatable bonds is 4. The van der Waals surface area contributed by atoms with Gasteiger partial charge in [0.25, 0.3) is 0 Å². The summed E-state index contributed by atoms with van der Waals surface area (Å²) in [6.45, 7) is 6.51. The second-order valence-electron chi connectivity index (χ2n) is 5.35. The third-order valence-electron chi connectivity index (χ3n) is 3.83. The van der Waals surface area contributed by atoms with Crippen LogP contribution >= 0.6 is 15.9 Å². The van der Waals surface area contributed by atoms with E-state index in [2.05, 4.69) is 38.3 Å². The lowest BCUT2D eigenvalue weighted by molar-refractivity contribution is 0.215. The number of likely N-dealkylation sites (tertiary alicyclic amines) is 1. The van der Waals surface area contributed by atoms with Crippen LogP contribution in [0.3, 0.4) is 0 Å². The average Bonchev–Trinajstić information content (AvgIpc) is 2.58. The normalized spacial score (nSPS) is 18.4. The summed E-state index contributed by atoms with van der Waals surface area (Å²) in [5, 5.41) is 7.98. The molecule has 102 valence electrons. The molecule has 18 heavy (non-hydrogen) atoms. The number of halogens is 1. The highest BCUT2D eigenvalue weighted by Gasteiger charge is 2.16. The van der Waals surface area contributed by atoms with Crippen molar-refractivity contribution in [1.82, 2.24) is 20.0 Å². The van der Waals surface area contributed by atoms with Crippen LogP contribution < -0.4 is 5.32 Å². The Balaban J connectivity index is 1.78. The fourth-order valence-electron chi connectivity index (χ4n) is 2.53. The molecule has 1 aliphatic heterocycles. The van der Waals surface area contributed by atoms with E-state index < -0.39 is 0 Å². The molecular formula is C13H23BrN4. The summed E-state index contributed by atoms with van der Waals surface area (Å²) >= 11 is 3.61. The van der Waals surface area contributed by atoms with E-state index >= 15 is 0 Å². The van der Waals surface area contributed by atoms with Crippen molar-refractivity contribution in [2.24, 2.45) is 13.0 Å². The van der Waals surface area contributed by atoms with Gasteiger partial charge in [0, 0.05) is 13.6 Å². The number of aromatic nitrogens is 2. The molecule has 1 fully saturated rings. The average molecular weight is 315 g/mol. The molecular weight excluding hydrogens is 292 g/mol. The Bertz CT molecular complexity index is 394. The van der Waals surface area contributed by atoms with Crippen molar-refractivity contribution >= 4 is 15.9 Å². The predicted molar refractivity (Wildman–Crippen MR) is 77.6 cm³/mol. The van der Waals surface area contributed by atoms with Crippen LogP contribution in [-0.2, 0) is 13.6 Å². The van der Waals surface area contributed by atoms with E-state index in [1.165, 1.54) is 31.6 Å². The van der Waals surface area contributed by atoms with Gasteiger partial charge in [0.2, 0.25) is 0 Å². The molecule has 1 aliphatic rings. The van der Waals surface area contributed by atoms with Crippen LogP contribution in [0.2, 0.25) is 0 Å². The highest BCUT2D eigenvalue weighted by molar-refractivity contribution is 9.10. The summed E-state index contributed by atoms with van der Waals surface area (Å²) in [6.07, 6.45) is 2.63. The number of hydrogen-bond acceptors (Lipinski definition) is 3. The fraction of sp³-hybridized carbons (Fsp3) is 0.769. The maximum Gasteiger partial charge on any atom is 0.0739 e. The Hall–Kier alpha value is -0.390. The fourth-order valence-corrected chi connectivity index (χ4v) is 3.01. The first-order chi connectivity index (χ1) is 8.58. The monoisotopic (exact) mass is 314 g/mol. The minimum Gasteiger partial charge on any atom is -0.311 e. The van der Waals surface area contributed by atoms with Gasteiger partial charge in [-0.15, -0.1) is 0 Å². The summed E-state index contributed by atoms with van der Waals surface area (Å²) in [7, 11) is 4.21. The Kier molecular flexibility index (Phi) is 4.81. The summed E-state index contributed by atoms with van der Waals surface area (Å²) in [5.41, 5.74) is 2.30. The summed E-state index contributed by atoms with van der Waals surface area (Å²) < 4.78 is 3.10. The Labute approximate surface area is 118 Å². The second-order valence-corrected chi connectivity index (χ2v) is 6.14. The van der Waals surface area contributed by atoms with Crippen LogP contribution in [0.15, 0.2) is 4.47 Å². The quantitative estimate of drug-likeness (QED) is 0.921. The first-order valence-electron chi connectivity index (χ1n) is 6.65. The van der Waals surface area contributed by atoms with Crippen LogP contribution in [0.1, 0.15) is 24.2 Å². The number of nitrogens with zero attached hydrogens (tertiary/aromatic N) is 3. The van der Waals surface area contributed by atoms with Crippen LogP contribution in [0, 0.1) is 12.8 Å². The van der Waals surface area contributed by atoms with Gasteiger partial charge in [0.1, 0.15) is 0 Å². The number of nitrogens with one attached hydrogen (secondary N) is 1. The minimum atomic E-state index is 0.828. The van der Waals surface area contributed by atoms with Crippen molar-refractivity contribution in [3.05, 3.63) is 15.9 Å². The molecule has 1 aromatic rings. The van der Waals surface area contributed by atoms with E-state index in [9.17, 15) is 0 Å². The maximum atomic E-state index is 4.41. The van der Waals surface area contributed by atoms with Gasteiger partial charge in [-0.05, 0) is 68.3 Å². The zero-order valence-electron chi connectivity index (χ0n) is 11.5. The molecule has 5 heteroatoms. The van der Waals surface area contributed by atoms with Crippen molar-refractivity contribution in [3.63, 3.8) is 0 Å². The van der Waals surface area contributed by atoms with Crippen molar-refractivity contribution in [1.29, 1.82) is 0 Å². The lowest BCUT2D eigenvalue weighted by Gasteiger charge is -2.29. The molecule has 0 unspecified atom stereocenters. The van der Waals surface area contributed by atoms with Gasteiger partial charge in [0.05, 0.1) is 15.9 Å². The lowest BCUT2D eigenvalue weighted by atomic mass is 9.97. The Morgan fingerprint density at radius 2 is 2.00 bits per heavy atom. The predicted octanol–water partition coefficient (Wildman–Crippen LogP) is 1.92. The molecule has 1 saturated heterocycles. The van der Waals surface area contributed by atoms with Crippen LogP contribution in [0.5, 0.6) is 0 Å². The second kappa shape index (κ2) is 6.17. The summed E-state index contributed by atoms with van der Waals surface area (Å²) in [5.74, 6) is 0.828. The van der Waals surface area contributed by atoms with E-state index in [4.69, 9.17) is 0 Å². The molecule has 0 amide bonds.